The Morgan fingerprint density at radius 2 is 2.18 bits per heavy atom. The van der Waals surface area contributed by atoms with E-state index < -0.39 is 34.1 Å². The molecule has 0 bridgehead atoms. The minimum atomic E-state index is -3.19. The van der Waals surface area contributed by atoms with Gasteiger partial charge in [-0.3, -0.25) is 14.9 Å². The molecule has 17 heavy (non-hydrogen) atoms. The Kier molecular flexibility index (Phi) is 3.66. The van der Waals surface area contributed by atoms with E-state index in [0.29, 0.717) is 6.07 Å². The molecular formula is C9H4F2N2O4. The molecule has 0 spiro atoms. The quantitative estimate of drug-likeness (QED) is 0.456. The van der Waals surface area contributed by atoms with Gasteiger partial charge in [-0.1, -0.05) is 0 Å². The second-order valence-corrected chi connectivity index (χ2v) is 2.77. The number of carbonyl (C=O) groups excluding carboxylic acids is 1. The number of nitro groups is 1. The molecule has 0 atom stereocenters. The molecule has 88 valence electrons. The zero-order valence-electron chi connectivity index (χ0n) is 8.09. The van der Waals surface area contributed by atoms with Crippen molar-refractivity contribution in [3.05, 3.63) is 33.4 Å². The summed E-state index contributed by atoms with van der Waals surface area (Å²) >= 11 is 0. The first-order valence-electron chi connectivity index (χ1n) is 4.12. The molecular weight excluding hydrogens is 238 g/mol. The van der Waals surface area contributed by atoms with Crippen LogP contribution in [0.15, 0.2) is 12.1 Å². The zero-order valence-corrected chi connectivity index (χ0v) is 8.09. The van der Waals surface area contributed by atoms with Gasteiger partial charge in [-0.05, 0) is 6.07 Å². The Hall–Kier alpha value is -2.56. The van der Waals surface area contributed by atoms with E-state index in [-0.39, 0.29) is 6.29 Å². The summed E-state index contributed by atoms with van der Waals surface area (Å²) in [6, 6.07) is 2.91. The van der Waals surface area contributed by atoms with Crippen LogP contribution in [0.25, 0.3) is 0 Å². The first kappa shape index (κ1) is 12.5. The summed E-state index contributed by atoms with van der Waals surface area (Å²) < 4.78 is 27.9. The molecule has 0 aliphatic rings. The highest BCUT2D eigenvalue weighted by Gasteiger charge is 2.20. The van der Waals surface area contributed by atoms with Crippen LogP contribution in [0.4, 0.5) is 14.5 Å². The van der Waals surface area contributed by atoms with Gasteiger partial charge < -0.3 is 4.74 Å². The molecule has 1 aromatic rings. The molecule has 0 saturated carbocycles. The van der Waals surface area contributed by atoms with Crippen molar-refractivity contribution in [1.82, 2.24) is 0 Å². The molecule has 0 aliphatic heterocycles. The van der Waals surface area contributed by atoms with Crippen LogP contribution in [0.5, 0.6) is 5.75 Å². The molecule has 0 N–H and O–H groups in total. The van der Waals surface area contributed by atoms with Gasteiger partial charge in [0.1, 0.15) is 17.4 Å². The predicted molar refractivity (Wildman–Crippen MR) is 49.8 cm³/mol. The Bertz CT molecular complexity index is 510. The molecule has 0 aliphatic carbocycles. The van der Waals surface area contributed by atoms with Crippen LogP contribution in [-0.4, -0.2) is 17.8 Å². The average molecular weight is 242 g/mol. The van der Waals surface area contributed by atoms with Gasteiger partial charge in [-0.25, -0.2) is 0 Å². The number of benzene rings is 1. The van der Waals surface area contributed by atoms with Crippen LogP contribution in [0.3, 0.4) is 0 Å². The summed E-state index contributed by atoms with van der Waals surface area (Å²) in [6.45, 7) is -3.19. The van der Waals surface area contributed by atoms with E-state index in [9.17, 15) is 23.7 Å². The highest BCUT2D eigenvalue weighted by molar-refractivity contribution is 5.83. The van der Waals surface area contributed by atoms with Crippen LogP contribution in [0.1, 0.15) is 15.9 Å². The van der Waals surface area contributed by atoms with Gasteiger partial charge in [-0.15, -0.1) is 0 Å². The molecule has 0 unspecified atom stereocenters. The number of hydrogen-bond acceptors (Lipinski definition) is 5. The first-order chi connectivity index (χ1) is 7.99. The number of nitro benzene ring substituents is 1. The number of nitrogens with zero attached hydrogens (tertiary/aromatic N) is 2. The highest BCUT2D eigenvalue weighted by atomic mass is 19.3. The molecule has 0 saturated heterocycles. The van der Waals surface area contributed by atoms with Gasteiger partial charge in [0, 0.05) is 6.07 Å². The van der Waals surface area contributed by atoms with Crippen LogP contribution in [-0.2, 0) is 0 Å². The van der Waals surface area contributed by atoms with Gasteiger partial charge in [0.25, 0.3) is 5.69 Å². The van der Waals surface area contributed by atoms with Crippen LogP contribution >= 0.6 is 0 Å². The summed E-state index contributed by atoms with van der Waals surface area (Å²) in [7, 11) is 0. The monoisotopic (exact) mass is 242 g/mol. The Labute approximate surface area is 93.2 Å². The Morgan fingerprint density at radius 1 is 1.53 bits per heavy atom. The lowest BCUT2D eigenvalue weighted by Gasteiger charge is -2.06. The van der Waals surface area contributed by atoms with E-state index >= 15 is 0 Å². The number of rotatable bonds is 4. The maximum absolute atomic E-state index is 12.0. The predicted octanol–water partition coefficient (Wildman–Crippen LogP) is 1.88. The van der Waals surface area contributed by atoms with Crippen LogP contribution < -0.4 is 4.74 Å². The van der Waals surface area contributed by atoms with Crippen molar-refractivity contribution in [2.24, 2.45) is 0 Å². The molecule has 1 rings (SSSR count). The summed E-state index contributed by atoms with van der Waals surface area (Å²) in [5.41, 5.74) is -1.52. The SMILES string of the molecule is N#Cc1cc([N+](=O)[O-])c(C=O)cc1OC(F)F. The number of alkyl halides is 2. The summed E-state index contributed by atoms with van der Waals surface area (Å²) in [5.74, 6) is -0.574. The van der Waals surface area contributed by atoms with Crippen molar-refractivity contribution in [2.75, 3.05) is 0 Å². The second-order valence-electron chi connectivity index (χ2n) is 2.77. The molecule has 0 aromatic heterocycles. The molecule has 6 nitrogen and oxygen atoms in total. The first-order valence-corrected chi connectivity index (χ1v) is 4.12. The Morgan fingerprint density at radius 3 is 2.59 bits per heavy atom. The Balaban J connectivity index is 3.39. The largest absolute Gasteiger partial charge is 0.433 e. The normalized spacial score (nSPS) is 9.76. The number of carbonyl (C=O) groups is 1. The maximum Gasteiger partial charge on any atom is 0.387 e. The third kappa shape index (κ3) is 2.72. The lowest BCUT2D eigenvalue weighted by molar-refractivity contribution is -0.385. The fourth-order valence-corrected chi connectivity index (χ4v) is 1.12. The molecule has 0 heterocycles. The minimum Gasteiger partial charge on any atom is -0.433 e. The topological polar surface area (TPSA) is 93.2 Å². The smallest absolute Gasteiger partial charge is 0.387 e. The van der Waals surface area contributed by atoms with Gasteiger partial charge in [0.2, 0.25) is 0 Å². The van der Waals surface area contributed by atoms with Crippen molar-refractivity contribution in [2.45, 2.75) is 6.61 Å². The lowest BCUT2D eigenvalue weighted by atomic mass is 10.1. The molecule has 0 amide bonds. The van der Waals surface area contributed by atoms with Gasteiger partial charge in [0.15, 0.2) is 6.29 Å². The second kappa shape index (κ2) is 4.98. The van der Waals surface area contributed by atoms with E-state index in [4.69, 9.17) is 5.26 Å². The van der Waals surface area contributed by atoms with Crippen molar-refractivity contribution >= 4 is 12.0 Å². The zero-order chi connectivity index (χ0) is 13.0. The number of halogens is 2. The lowest BCUT2D eigenvalue weighted by Crippen LogP contribution is -2.05. The van der Waals surface area contributed by atoms with E-state index in [1.54, 1.807) is 0 Å². The number of aldehydes is 1. The van der Waals surface area contributed by atoms with Crippen molar-refractivity contribution < 1.29 is 23.2 Å². The molecule has 0 radical (unpaired) electrons. The van der Waals surface area contributed by atoms with Gasteiger partial charge >= 0.3 is 6.61 Å². The average Bonchev–Trinajstić information content (AvgIpc) is 2.27. The number of hydrogen-bond donors (Lipinski definition) is 0. The molecule has 8 heteroatoms. The molecule has 1 aromatic carbocycles. The fourth-order valence-electron chi connectivity index (χ4n) is 1.12. The van der Waals surface area contributed by atoms with Crippen molar-refractivity contribution in [3.63, 3.8) is 0 Å². The highest BCUT2D eigenvalue weighted by Crippen LogP contribution is 2.28. The standard InChI is InChI=1S/C9H4F2N2O4/c10-9(11)17-8-2-6(4-14)7(13(15)16)1-5(8)3-12/h1-2,4,9H. The van der Waals surface area contributed by atoms with Crippen molar-refractivity contribution in [1.29, 1.82) is 5.26 Å². The summed E-state index contributed by atoms with van der Waals surface area (Å²) in [4.78, 5) is 20.2. The number of nitriles is 1. The molecule has 0 fully saturated rings. The van der Waals surface area contributed by atoms with E-state index in [0.717, 1.165) is 6.07 Å². The third-order valence-corrected chi connectivity index (χ3v) is 1.79. The van der Waals surface area contributed by atoms with Crippen LogP contribution in [0, 0.1) is 21.4 Å². The maximum atomic E-state index is 12.0. The van der Waals surface area contributed by atoms with E-state index in [1.165, 1.54) is 6.07 Å². The van der Waals surface area contributed by atoms with E-state index in [2.05, 4.69) is 4.74 Å². The van der Waals surface area contributed by atoms with Crippen molar-refractivity contribution in [3.8, 4) is 11.8 Å². The van der Waals surface area contributed by atoms with E-state index in [1.807, 2.05) is 0 Å². The third-order valence-electron chi connectivity index (χ3n) is 1.79. The minimum absolute atomic E-state index is 0.123. The fraction of sp³-hybridized carbons (Fsp3) is 0.111. The summed E-state index contributed by atoms with van der Waals surface area (Å²) in [6.07, 6.45) is 0.123. The van der Waals surface area contributed by atoms with Gasteiger partial charge in [0.05, 0.1) is 10.5 Å². The summed E-state index contributed by atoms with van der Waals surface area (Å²) in [5, 5.41) is 19.1. The van der Waals surface area contributed by atoms with Gasteiger partial charge in [-0.2, -0.15) is 14.0 Å². The number of ether oxygens (including phenoxy) is 1. The van der Waals surface area contributed by atoms with Crippen LogP contribution in [0.2, 0.25) is 0 Å².